The summed E-state index contributed by atoms with van der Waals surface area (Å²) in [5, 5.41) is 22.3. The molecule has 1 atom stereocenters. The predicted octanol–water partition coefficient (Wildman–Crippen LogP) is 1.26. The number of nitrogens with zero attached hydrogens (tertiary/aromatic N) is 2. The van der Waals surface area contributed by atoms with Gasteiger partial charge in [-0.05, 0) is 12.0 Å². The summed E-state index contributed by atoms with van der Waals surface area (Å²) in [4.78, 5) is 11.7. The molecule has 0 aliphatic rings. The van der Waals surface area contributed by atoms with Crippen LogP contribution in [0.3, 0.4) is 0 Å². The van der Waals surface area contributed by atoms with Gasteiger partial charge in [0.15, 0.2) is 0 Å². The number of hydrogen-bond acceptors (Lipinski definition) is 5. The Bertz CT molecular complexity index is 504. The van der Waals surface area contributed by atoms with Gasteiger partial charge < -0.3 is 10.4 Å². The van der Waals surface area contributed by atoms with E-state index in [-0.39, 0.29) is 12.6 Å². The van der Waals surface area contributed by atoms with Gasteiger partial charge in [-0.2, -0.15) is 0 Å². The Balaban J connectivity index is 1.86. The SMILES string of the molecule is O=C(Nc1nncs1)NC(CO)Cc1ccccc1. The minimum absolute atomic E-state index is 0.127. The molecule has 100 valence electrons. The third-order valence-corrected chi connectivity index (χ3v) is 3.07. The highest BCUT2D eigenvalue weighted by atomic mass is 32.1. The Kier molecular flexibility index (Phi) is 4.82. The van der Waals surface area contributed by atoms with E-state index in [9.17, 15) is 9.90 Å². The van der Waals surface area contributed by atoms with E-state index >= 15 is 0 Å². The number of benzene rings is 1. The van der Waals surface area contributed by atoms with Gasteiger partial charge >= 0.3 is 6.03 Å². The summed E-state index contributed by atoms with van der Waals surface area (Å²) >= 11 is 1.23. The fourth-order valence-corrected chi connectivity index (χ4v) is 2.05. The monoisotopic (exact) mass is 278 g/mol. The molecule has 1 heterocycles. The summed E-state index contributed by atoms with van der Waals surface area (Å²) in [5.74, 6) is 0. The number of carbonyl (C=O) groups is 1. The number of nitrogens with one attached hydrogen (secondary N) is 2. The van der Waals surface area contributed by atoms with Crippen molar-refractivity contribution in [3.8, 4) is 0 Å². The molecule has 0 radical (unpaired) electrons. The molecule has 3 N–H and O–H groups in total. The quantitative estimate of drug-likeness (QED) is 0.768. The molecule has 19 heavy (non-hydrogen) atoms. The van der Waals surface area contributed by atoms with Crippen molar-refractivity contribution in [1.29, 1.82) is 0 Å². The van der Waals surface area contributed by atoms with Gasteiger partial charge in [-0.15, -0.1) is 10.2 Å². The fourth-order valence-electron chi connectivity index (χ4n) is 1.61. The lowest BCUT2D eigenvalue weighted by molar-refractivity contribution is 0.224. The van der Waals surface area contributed by atoms with E-state index in [1.807, 2.05) is 30.3 Å². The predicted molar refractivity (Wildman–Crippen MR) is 73.1 cm³/mol. The molecule has 0 bridgehead atoms. The van der Waals surface area contributed by atoms with Crippen LogP contribution in [-0.2, 0) is 6.42 Å². The summed E-state index contributed by atoms with van der Waals surface area (Å²) in [7, 11) is 0. The summed E-state index contributed by atoms with van der Waals surface area (Å²) < 4.78 is 0. The smallest absolute Gasteiger partial charge is 0.321 e. The highest BCUT2D eigenvalue weighted by molar-refractivity contribution is 7.13. The Morgan fingerprint density at radius 1 is 1.37 bits per heavy atom. The molecule has 2 rings (SSSR count). The van der Waals surface area contributed by atoms with Crippen molar-refractivity contribution in [2.45, 2.75) is 12.5 Å². The minimum atomic E-state index is -0.397. The lowest BCUT2D eigenvalue weighted by Crippen LogP contribution is -2.41. The number of anilines is 1. The zero-order valence-electron chi connectivity index (χ0n) is 10.1. The molecule has 1 aromatic heterocycles. The molecule has 2 aromatic rings. The summed E-state index contributed by atoms with van der Waals surface area (Å²) in [6.07, 6.45) is 0.570. The lowest BCUT2D eigenvalue weighted by atomic mass is 10.1. The molecule has 0 fully saturated rings. The number of rotatable bonds is 5. The fraction of sp³-hybridized carbons (Fsp3) is 0.250. The molecule has 1 unspecified atom stereocenters. The number of aromatic nitrogens is 2. The summed E-state index contributed by atoms with van der Waals surface area (Å²) in [6, 6.07) is 8.94. The number of aliphatic hydroxyl groups is 1. The maximum atomic E-state index is 11.7. The van der Waals surface area contributed by atoms with Crippen molar-refractivity contribution in [1.82, 2.24) is 15.5 Å². The lowest BCUT2D eigenvalue weighted by Gasteiger charge is -2.16. The highest BCUT2D eigenvalue weighted by Gasteiger charge is 2.12. The average Bonchev–Trinajstić information content (AvgIpc) is 2.92. The first-order valence-corrected chi connectivity index (χ1v) is 6.64. The Morgan fingerprint density at radius 3 is 2.79 bits per heavy atom. The molecule has 1 aromatic carbocycles. The van der Waals surface area contributed by atoms with Gasteiger partial charge in [0.1, 0.15) is 5.51 Å². The zero-order valence-corrected chi connectivity index (χ0v) is 10.9. The normalized spacial score (nSPS) is 11.8. The molecule has 0 aliphatic heterocycles. The van der Waals surface area contributed by atoms with Crippen LogP contribution in [-0.4, -0.2) is 34.0 Å². The number of hydrogen-bond donors (Lipinski definition) is 3. The van der Waals surface area contributed by atoms with Gasteiger partial charge in [-0.1, -0.05) is 41.7 Å². The molecular formula is C12H14N4O2S. The third kappa shape index (κ3) is 4.31. The van der Waals surface area contributed by atoms with Crippen molar-refractivity contribution >= 4 is 22.5 Å². The number of amides is 2. The van der Waals surface area contributed by atoms with Crippen LogP contribution in [0.5, 0.6) is 0 Å². The molecular weight excluding hydrogens is 264 g/mol. The second-order valence-corrected chi connectivity index (χ2v) is 4.74. The number of aliphatic hydroxyl groups excluding tert-OH is 1. The first-order chi connectivity index (χ1) is 9.28. The van der Waals surface area contributed by atoms with Gasteiger partial charge in [0, 0.05) is 0 Å². The number of carbonyl (C=O) groups excluding carboxylic acids is 1. The van der Waals surface area contributed by atoms with Crippen molar-refractivity contribution in [2.24, 2.45) is 0 Å². The molecule has 0 spiro atoms. The van der Waals surface area contributed by atoms with E-state index in [1.54, 1.807) is 0 Å². The third-order valence-electron chi connectivity index (χ3n) is 2.46. The highest BCUT2D eigenvalue weighted by Crippen LogP contribution is 2.08. The molecule has 7 heteroatoms. The standard InChI is InChI=1S/C12H14N4O2S/c17-7-10(6-9-4-2-1-3-5-9)14-11(18)15-12-16-13-8-19-12/h1-5,8,10,17H,6-7H2,(H2,14,15,16,18). The van der Waals surface area contributed by atoms with E-state index in [0.717, 1.165) is 5.56 Å². The van der Waals surface area contributed by atoms with Crippen LogP contribution in [0.2, 0.25) is 0 Å². The van der Waals surface area contributed by atoms with Crippen LogP contribution in [0.4, 0.5) is 9.93 Å². The average molecular weight is 278 g/mol. The number of urea groups is 1. The van der Waals surface area contributed by atoms with Crippen LogP contribution in [0.1, 0.15) is 5.56 Å². The Labute approximate surface area is 114 Å². The molecule has 0 aliphatic carbocycles. The van der Waals surface area contributed by atoms with Crippen LogP contribution in [0, 0.1) is 0 Å². The van der Waals surface area contributed by atoms with E-state index in [2.05, 4.69) is 20.8 Å². The Morgan fingerprint density at radius 2 is 2.16 bits per heavy atom. The maximum absolute atomic E-state index is 11.7. The van der Waals surface area contributed by atoms with Crippen molar-refractivity contribution in [2.75, 3.05) is 11.9 Å². The Hall–Kier alpha value is -1.99. The topological polar surface area (TPSA) is 87.1 Å². The largest absolute Gasteiger partial charge is 0.394 e. The van der Waals surface area contributed by atoms with Crippen LogP contribution >= 0.6 is 11.3 Å². The van der Waals surface area contributed by atoms with Gasteiger partial charge in [0.2, 0.25) is 5.13 Å². The van der Waals surface area contributed by atoms with Gasteiger partial charge in [-0.3, -0.25) is 5.32 Å². The van der Waals surface area contributed by atoms with E-state index in [4.69, 9.17) is 0 Å². The van der Waals surface area contributed by atoms with Crippen molar-refractivity contribution in [3.05, 3.63) is 41.4 Å². The second-order valence-electron chi connectivity index (χ2n) is 3.91. The second kappa shape index (κ2) is 6.81. The molecule has 6 nitrogen and oxygen atoms in total. The van der Waals surface area contributed by atoms with Gasteiger partial charge in [-0.25, -0.2) is 4.79 Å². The summed E-state index contributed by atoms with van der Waals surface area (Å²) in [6.45, 7) is -0.127. The maximum Gasteiger partial charge on any atom is 0.321 e. The van der Waals surface area contributed by atoms with E-state index in [1.165, 1.54) is 16.8 Å². The summed E-state index contributed by atoms with van der Waals surface area (Å²) in [5.41, 5.74) is 2.58. The van der Waals surface area contributed by atoms with Crippen LogP contribution < -0.4 is 10.6 Å². The first-order valence-electron chi connectivity index (χ1n) is 5.76. The van der Waals surface area contributed by atoms with Crippen LogP contribution in [0.15, 0.2) is 35.8 Å². The minimum Gasteiger partial charge on any atom is -0.394 e. The van der Waals surface area contributed by atoms with Crippen molar-refractivity contribution in [3.63, 3.8) is 0 Å². The zero-order chi connectivity index (χ0) is 13.5. The van der Waals surface area contributed by atoms with Crippen LogP contribution in [0.25, 0.3) is 0 Å². The van der Waals surface area contributed by atoms with Crippen molar-refractivity contribution < 1.29 is 9.90 Å². The molecule has 0 saturated carbocycles. The molecule has 0 saturated heterocycles. The van der Waals surface area contributed by atoms with E-state index < -0.39 is 6.03 Å². The van der Waals surface area contributed by atoms with Gasteiger partial charge in [0.25, 0.3) is 0 Å². The molecule has 2 amide bonds. The van der Waals surface area contributed by atoms with E-state index in [0.29, 0.717) is 11.6 Å². The van der Waals surface area contributed by atoms with Gasteiger partial charge in [0.05, 0.1) is 12.6 Å². The first kappa shape index (κ1) is 13.4.